The molecule has 1 heterocycles. The Morgan fingerprint density at radius 2 is 2.10 bits per heavy atom. The van der Waals surface area contributed by atoms with Crippen molar-refractivity contribution in [1.29, 1.82) is 0 Å². The van der Waals surface area contributed by atoms with Gasteiger partial charge in [-0.25, -0.2) is 4.99 Å². The number of hydrogen-bond donors (Lipinski definition) is 0. The molecule has 1 aromatic heterocycles. The van der Waals surface area contributed by atoms with Crippen molar-refractivity contribution in [2.45, 2.75) is 26.9 Å². The molecule has 0 saturated heterocycles. The van der Waals surface area contributed by atoms with Crippen LogP contribution in [0.5, 0.6) is 5.75 Å². The van der Waals surface area contributed by atoms with Gasteiger partial charge >= 0.3 is 1.43 Å². The Kier molecular flexibility index (Phi) is 4.63. The third-order valence-corrected chi connectivity index (χ3v) is 3.50. The molecule has 0 bridgehead atoms. The highest BCUT2D eigenvalue weighted by atomic mass is 28.3. The van der Waals surface area contributed by atoms with Crippen molar-refractivity contribution in [2.75, 3.05) is 0 Å². The van der Waals surface area contributed by atoms with E-state index < -0.39 is 9.04 Å². The van der Waals surface area contributed by atoms with Crippen molar-refractivity contribution >= 4 is 20.4 Å². The Morgan fingerprint density at radius 3 is 2.75 bits per heavy atom. The van der Waals surface area contributed by atoms with Crippen molar-refractivity contribution < 1.29 is 5.85 Å². The molecule has 2 aromatic rings. The van der Waals surface area contributed by atoms with E-state index >= 15 is 0 Å². The van der Waals surface area contributed by atoms with E-state index in [-0.39, 0.29) is 1.43 Å². The zero-order valence-corrected chi connectivity index (χ0v) is 13.4. The number of hydrogen-bond acceptors (Lipinski definition) is 4. The predicted octanol–water partition coefficient (Wildman–Crippen LogP) is 3.40. The molecule has 4 nitrogen and oxygen atoms in total. The van der Waals surface area contributed by atoms with Gasteiger partial charge in [0.15, 0.2) is 0 Å². The number of nitrogens with zero attached hydrogens (tertiary/aromatic N) is 3. The maximum absolute atomic E-state index is 5.96. The summed E-state index contributed by atoms with van der Waals surface area (Å²) >= 11 is 0. The first-order chi connectivity index (χ1) is 9.58. The smallest absolute Gasteiger partial charge is 0.546 e. The molecule has 0 atom stereocenters. The number of aliphatic imine (C=N–C) groups is 1. The predicted molar refractivity (Wildman–Crippen MR) is 85.7 cm³/mol. The monoisotopic (exact) mass is 286 g/mol. The number of rotatable bonds is 4. The van der Waals surface area contributed by atoms with E-state index in [1.807, 2.05) is 32.0 Å². The third-order valence-electron chi connectivity index (χ3n) is 2.78. The van der Waals surface area contributed by atoms with Crippen molar-refractivity contribution in [3.63, 3.8) is 0 Å². The Labute approximate surface area is 122 Å². The molecule has 5 heteroatoms. The molecule has 2 rings (SSSR count). The summed E-state index contributed by atoms with van der Waals surface area (Å²) in [7, 11) is -1.16. The lowest BCUT2D eigenvalue weighted by atomic mass is 10.2. The average molecular weight is 286 g/mol. The van der Waals surface area contributed by atoms with Gasteiger partial charge in [0.1, 0.15) is 17.1 Å². The lowest BCUT2D eigenvalue weighted by Gasteiger charge is -2.14. The van der Waals surface area contributed by atoms with E-state index in [4.69, 9.17) is 9.42 Å². The summed E-state index contributed by atoms with van der Waals surface area (Å²) in [6.45, 7) is 8.27. The second kappa shape index (κ2) is 6.43. The minimum atomic E-state index is -1.16. The van der Waals surface area contributed by atoms with E-state index in [2.05, 4.69) is 23.1 Å². The van der Waals surface area contributed by atoms with E-state index in [0.717, 1.165) is 28.4 Å². The second-order valence-electron chi connectivity index (χ2n) is 4.88. The van der Waals surface area contributed by atoms with Crippen molar-refractivity contribution in [1.82, 2.24) is 9.97 Å². The molecule has 20 heavy (non-hydrogen) atoms. The summed E-state index contributed by atoms with van der Waals surface area (Å²) in [5.41, 5.74) is 3.60. The van der Waals surface area contributed by atoms with Gasteiger partial charge in [0.2, 0.25) is 9.04 Å². The van der Waals surface area contributed by atoms with Gasteiger partial charge < -0.3 is 4.43 Å². The van der Waals surface area contributed by atoms with Crippen molar-refractivity contribution in [2.24, 2.45) is 4.99 Å². The summed E-state index contributed by atoms with van der Waals surface area (Å²) in [6, 6.07) is 6.01. The molecule has 0 radical (unpaired) electrons. The van der Waals surface area contributed by atoms with Gasteiger partial charge in [0.05, 0.1) is 11.9 Å². The molecule has 0 fully saturated rings. The highest BCUT2D eigenvalue weighted by Crippen LogP contribution is 2.32. The SMILES string of the molecule is CC(=Nc1c(C)cccc1O[SiH](C)C)c1cnccn1.[H+]. The molecule has 0 spiro atoms. The van der Waals surface area contributed by atoms with Crippen LogP contribution < -0.4 is 4.43 Å². The summed E-state index contributed by atoms with van der Waals surface area (Å²) in [6.07, 6.45) is 5.04. The fourth-order valence-electron chi connectivity index (χ4n) is 1.84. The first-order valence-electron chi connectivity index (χ1n) is 6.66. The molecule has 1 aromatic carbocycles. The van der Waals surface area contributed by atoms with Crippen LogP contribution in [0.3, 0.4) is 0 Å². The minimum Gasteiger partial charge on any atom is -0.546 e. The van der Waals surface area contributed by atoms with Crippen LogP contribution in [0.25, 0.3) is 0 Å². The fraction of sp³-hybridized carbons (Fsp3) is 0.267. The van der Waals surface area contributed by atoms with Crippen LogP contribution in [-0.2, 0) is 0 Å². The first kappa shape index (κ1) is 14.4. The topological polar surface area (TPSA) is 47.4 Å². The molecular formula is C15H20N3OSi+. The molecule has 0 saturated carbocycles. The Morgan fingerprint density at radius 1 is 1.30 bits per heavy atom. The van der Waals surface area contributed by atoms with Crippen LogP contribution in [0.1, 0.15) is 19.6 Å². The largest absolute Gasteiger partial charge is 1.00 e. The van der Waals surface area contributed by atoms with Crippen molar-refractivity contribution in [3.8, 4) is 5.75 Å². The standard InChI is InChI=1S/C15H19N3OSi/c1-11-6-5-7-14(19-20(3)4)15(11)18-12(2)13-10-16-8-9-17-13/h5-10,20H,1-4H3/p+1. The summed E-state index contributed by atoms with van der Waals surface area (Å²) in [4.78, 5) is 13.0. The molecule has 0 aliphatic carbocycles. The summed E-state index contributed by atoms with van der Waals surface area (Å²) in [5, 5.41) is 0. The molecule has 0 N–H and O–H groups in total. The molecule has 0 unspecified atom stereocenters. The van der Waals surface area contributed by atoms with Crippen LogP contribution in [0, 0.1) is 6.92 Å². The molecular weight excluding hydrogens is 266 g/mol. The molecule has 0 aliphatic heterocycles. The van der Waals surface area contributed by atoms with Gasteiger partial charge in [-0.1, -0.05) is 12.1 Å². The highest BCUT2D eigenvalue weighted by molar-refractivity contribution is 6.49. The van der Waals surface area contributed by atoms with Crippen LogP contribution in [0.4, 0.5) is 5.69 Å². The minimum absolute atomic E-state index is 0. The maximum Gasteiger partial charge on any atom is 1.00 e. The quantitative estimate of drug-likeness (QED) is 0.639. The highest BCUT2D eigenvalue weighted by Gasteiger charge is 2.09. The van der Waals surface area contributed by atoms with Gasteiger partial charge in [-0.3, -0.25) is 9.97 Å². The van der Waals surface area contributed by atoms with Crippen LogP contribution in [-0.4, -0.2) is 24.7 Å². The van der Waals surface area contributed by atoms with E-state index in [1.165, 1.54) is 0 Å². The van der Waals surface area contributed by atoms with Crippen molar-refractivity contribution in [3.05, 3.63) is 48.0 Å². The zero-order chi connectivity index (χ0) is 14.5. The first-order valence-corrected chi connectivity index (χ1v) is 9.44. The number of aromatic nitrogens is 2. The molecule has 0 amide bonds. The Bertz CT molecular complexity index is 618. The summed E-state index contributed by atoms with van der Waals surface area (Å²) < 4.78 is 5.96. The lowest BCUT2D eigenvalue weighted by Crippen LogP contribution is -2.11. The van der Waals surface area contributed by atoms with Gasteiger partial charge in [0, 0.05) is 12.4 Å². The second-order valence-corrected chi connectivity index (χ2v) is 7.21. The Hall–Kier alpha value is -2.01. The van der Waals surface area contributed by atoms with Gasteiger partial charge in [0.25, 0.3) is 0 Å². The number of para-hydroxylation sites is 1. The van der Waals surface area contributed by atoms with Gasteiger partial charge in [-0.2, -0.15) is 0 Å². The summed E-state index contributed by atoms with van der Waals surface area (Å²) in [5.74, 6) is 0.856. The van der Waals surface area contributed by atoms with Gasteiger partial charge in [-0.15, -0.1) is 0 Å². The fourth-order valence-corrected chi connectivity index (χ4v) is 2.53. The third kappa shape index (κ3) is 3.51. The zero-order valence-electron chi connectivity index (χ0n) is 13.3. The number of aryl methyl sites for hydroxylation is 1. The number of benzene rings is 1. The van der Waals surface area contributed by atoms with Crippen LogP contribution >= 0.6 is 0 Å². The van der Waals surface area contributed by atoms with Gasteiger partial charge in [-0.05, 0) is 38.6 Å². The normalized spacial score (nSPS) is 11.8. The van der Waals surface area contributed by atoms with E-state index in [1.54, 1.807) is 18.6 Å². The van der Waals surface area contributed by atoms with Crippen LogP contribution in [0.2, 0.25) is 13.1 Å². The Balaban J connectivity index is 0.00000220. The van der Waals surface area contributed by atoms with E-state index in [0.29, 0.717) is 0 Å². The lowest BCUT2D eigenvalue weighted by molar-refractivity contribution is 0.581. The van der Waals surface area contributed by atoms with E-state index in [9.17, 15) is 0 Å². The molecule has 0 aliphatic rings. The maximum atomic E-state index is 5.96. The van der Waals surface area contributed by atoms with Crippen LogP contribution in [0.15, 0.2) is 41.8 Å². The molecule has 104 valence electrons. The average Bonchev–Trinajstić information content (AvgIpc) is 2.43.